The fraction of sp³-hybridized carbons (Fsp3) is 0.333. The van der Waals surface area contributed by atoms with Crippen LogP contribution in [0.4, 0.5) is 11.5 Å². The summed E-state index contributed by atoms with van der Waals surface area (Å²) in [6.45, 7) is 0.691. The molecular formula is C9H15N5O. The van der Waals surface area contributed by atoms with Crippen LogP contribution >= 0.6 is 0 Å². The van der Waals surface area contributed by atoms with E-state index in [4.69, 9.17) is 11.6 Å². The van der Waals surface area contributed by atoms with Gasteiger partial charge in [0.2, 0.25) is 5.91 Å². The van der Waals surface area contributed by atoms with Gasteiger partial charge in [-0.3, -0.25) is 4.79 Å². The summed E-state index contributed by atoms with van der Waals surface area (Å²) in [5.41, 5.74) is 8.37. The quantitative estimate of drug-likeness (QED) is 0.301. The van der Waals surface area contributed by atoms with Gasteiger partial charge in [-0.25, -0.2) is 10.8 Å². The van der Waals surface area contributed by atoms with E-state index in [1.54, 1.807) is 12.3 Å². The zero-order chi connectivity index (χ0) is 11.1. The second kappa shape index (κ2) is 5.82. The van der Waals surface area contributed by atoms with Gasteiger partial charge in [-0.1, -0.05) is 0 Å². The van der Waals surface area contributed by atoms with Crippen LogP contribution in [-0.4, -0.2) is 17.4 Å². The topological polar surface area (TPSA) is 106 Å². The fourth-order valence-electron chi connectivity index (χ4n) is 1.11. The number of carbonyl (C=O) groups is 1. The van der Waals surface area contributed by atoms with Gasteiger partial charge >= 0.3 is 0 Å². The summed E-state index contributed by atoms with van der Waals surface area (Å²) in [5.74, 6) is 5.52. The summed E-state index contributed by atoms with van der Waals surface area (Å²) in [6, 6.07) is 3.61. The van der Waals surface area contributed by atoms with E-state index in [1.807, 2.05) is 6.07 Å². The molecule has 0 radical (unpaired) electrons. The van der Waals surface area contributed by atoms with Gasteiger partial charge in [0, 0.05) is 30.9 Å². The number of anilines is 2. The number of pyridine rings is 1. The number of aromatic nitrogens is 1. The van der Waals surface area contributed by atoms with Crippen molar-refractivity contribution >= 4 is 17.4 Å². The van der Waals surface area contributed by atoms with Gasteiger partial charge < -0.3 is 16.5 Å². The number of hydrogen-bond acceptors (Lipinski definition) is 5. The zero-order valence-corrected chi connectivity index (χ0v) is 8.36. The number of nitrogens with zero attached hydrogens (tertiary/aromatic N) is 1. The molecule has 1 aromatic heterocycles. The normalized spacial score (nSPS) is 9.67. The third-order valence-electron chi connectivity index (χ3n) is 1.84. The number of rotatable bonds is 6. The molecule has 0 atom stereocenters. The van der Waals surface area contributed by atoms with E-state index in [1.165, 1.54) is 0 Å². The summed E-state index contributed by atoms with van der Waals surface area (Å²) >= 11 is 0. The van der Waals surface area contributed by atoms with Crippen molar-refractivity contribution < 1.29 is 4.79 Å². The predicted octanol–water partition coefficient (Wildman–Crippen LogP) is 0.0446. The molecule has 0 aliphatic heterocycles. The highest BCUT2D eigenvalue weighted by atomic mass is 16.1. The molecule has 82 valence electrons. The van der Waals surface area contributed by atoms with Crippen molar-refractivity contribution in [2.45, 2.75) is 12.8 Å². The molecular weight excluding hydrogens is 194 g/mol. The smallest absolute Gasteiger partial charge is 0.217 e. The maximum Gasteiger partial charge on any atom is 0.217 e. The minimum Gasteiger partial charge on any atom is -0.385 e. The first-order valence-electron chi connectivity index (χ1n) is 4.67. The van der Waals surface area contributed by atoms with Crippen LogP contribution in [0.1, 0.15) is 12.8 Å². The highest BCUT2D eigenvalue weighted by Gasteiger charge is 1.96. The molecule has 1 rings (SSSR count). The average molecular weight is 209 g/mol. The molecule has 0 aliphatic rings. The third kappa shape index (κ3) is 4.28. The lowest BCUT2D eigenvalue weighted by Gasteiger charge is -2.06. The van der Waals surface area contributed by atoms with Gasteiger partial charge in [0.05, 0.1) is 0 Å². The Morgan fingerprint density at radius 3 is 3.00 bits per heavy atom. The Balaban J connectivity index is 2.33. The van der Waals surface area contributed by atoms with Gasteiger partial charge in [-0.2, -0.15) is 0 Å². The second-order valence-electron chi connectivity index (χ2n) is 3.07. The lowest BCUT2D eigenvalue weighted by atomic mass is 10.3. The molecule has 0 fully saturated rings. The fourth-order valence-corrected chi connectivity index (χ4v) is 1.11. The molecule has 0 bridgehead atoms. The molecule has 1 aromatic rings. The predicted molar refractivity (Wildman–Crippen MR) is 59.0 cm³/mol. The lowest BCUT2D eigenvalue weighted by Crippen LogP contribution is -2.13. The van der Waals surface area contributed by atoms with E-state index < -0.39 is 0 Å². The van der Waals surface area contributed by atoms with Gasteiger partial charge in [-0.15, -0.1) is 0 Å². The first-order valence-corrected chi connectivity index (χ1v) is 4.67. The van der Waals surface area contributed by atoms with Gasteiger partial charge in [0.1, 0.15) is 5.82 Å². The molecule has 0 aliphatic carbocycles. The molecule has 6 N–H and O–H groups in total. The lowest BCUT2D eigenvalue weighted by molar-refractivity contribution is -0.118. The number of primary amides is 1. The van der Waals surface area contributed by atoms with Crippen molar-refractivity contribution in [3.8, 4) is 0 Å². The van der Waals surface area contributed by atoms with E-state index in [9.17, 15) is 4.79 Å². The number of hydrogen-bond donors (Lipinski definition) is 4. The molecule has 0 unspecified atom stereocenters. The van der Waals surface area contributed by atoms with Crippen LogP contribution in [0.25, 0.3) is 0 Å². The van der Waals surface area contributed by atoms with E-state index >= 15 is 0 Å². The third-order valence-corrected chi connectivity index (χ3v) is 1.84. The van der Waals surface area contributed by atoms with Gasteiger partial charge in [-0.05, 0) is 12.5 Å². The Kier molecular flexibility index (Phi) is 4.36. The standard InChI is InChI=1S/C9H15N5O/c10-8(15)2-1-4-12-7-3-5-13-9(6-7)14-11/h3,5-6H,1-2,4,11H2,(H2,10,15)(H2,12,13,14). The maximum atomic E-state index is 10.5. The number of amides is 1. The number of carbonyl (C=O) groups excluding carboxylic acids is 1. The SMILES string of the molecule is NNc1cc(NCCCC(N)=O)ccn1. The summed E-state index contributed by atoms with van der Waals surface area (Å²) in [5, 5.41) is 3.13. The summed E-state index contributed by atoms with van der Waals surface area (Å²) in [7, 11) is 0. The van der Waals surface area contributed by atoms with Crippen molar-refractivity contribution in [1.29, 1.82) is 0 Å². The second-order valence-corrected chi connectivity index (χ2v) is 3.07. The number of hydrazine groups is 1. The van der Waals surface area contributed by atoms with Crippen molar-refractivity contribution in [3.63, 3.8) is 0 Å². The molecule has 1 heterocycles. The van der Waals surface area contributed by atoms with E-state index in [2.05, 4.69) is 15.7 Å². The maximum absolute atomic E-state index is 10.5. The average Bonchev–Trinajstić information content (AvgIpc) is 2.24. The van der Waals surface area contributed by atoms with Crippen LogP contribution in [0, 0.1) is 0 Å². The summed E-state index contributed by atoms with van der Waals surface area (Å²) in [4.78, 5) is 14.4. The Bertz CT molecular complexity index is 328. The molecule has 15 heavy (non-hydrogen) atoms. The number of nitrogen functional groups attached to an aromatic ring is 1. The summed E-state index contributed by atoms with van der Waals surface area (Å²) in [6.07, 6.45) is 2.74. The van der Waals surface area contributed by atoms with Crippen LogP contribution in [-0.2, 0) is 4.79 Å². The summed E-state index contributed by atoms with van der Waals surface area (Å²) < 4.78 is 0. The Morgan fingerprint density at radius 1 is 1.53 bits per heavy atom. The minimum atomic E-state index is -0.282. The van der Waals surface area contributed by atoms with E-state index in [0.717, 1.165) is 5.69 Å². The largest absolute Gasteiger partial charge is 0.385 e. The van der Waals surface area contributed by atoms with Crippen molar-refractivity contribution in [1.82, 2.24) is 4.98 Å². The molecule has 6 nitrogen and oxygen atoms in total. The molecule has 0 spiro atoms. The number of nitrogens with two attached hydrogens (primary N) is 2. The Morgan fingerprint density at radius 2 is 2.33 bits per heavy atom. The minimum absolute atomic E-state index is 0.282. The van der Waals surface area contributed by atoms with Crippen LogP contribution in [0.5, 0.6) is 0 Å². The van der Waals surface area contributed by atoms with E-state index in [-0.39, 0.29) is 5.91 Å². The Hall–Kier alpha value is -1.82. The first-order chi connectivity index (χ1) is 7.22. The van der Waals surface area contributed by atoms with E-state index in [0.29, 0.717) is 25.2 Å². The first kappa shape index (κ1) is 11.3. The molecule has 0 saturated carbocycles. The van der Waals surface area contributed by atoms with Crippen LogP contribution in [0.15, 0.2) is 18.3 Å². The van der Waals surface area contributed by atoms with Crippen LogP contribution in [0.3, 0.4) is 0 Å². The monoisotopic (exact) mass is 209 g/mol. The Labute approximate surface area is 88.0 Å². The highest BCUT2D eigenvalue weighted by Crippen LogP contribution is 2.10. The van der Waals surface area contributed by atoms with Gasteiger partial charge in [0.25, 0.3) is 0 Å². The van der Waals surface area contributed by atoms with Gasteiger partial charge in [0.15, 0.2) is 0 Å². The van der Waals surface area contributed by atoms with Crippen molar-refractivity contribution in [2.24, 2.45) is 11.6 Å². The van der Waals surface area contributed by atoms with Crippen molar-refractivity contribution in [3.05, 3.63) is 18.3 Å². The molecule has 1 amide bonds. The van der Waals surface area contributed by atoms with Crippen LogP contribution in [0.2, 0.25) is 0 Å². The molecule has 6 heteroatoms. The zero-order valence-electron chi connectivity index (χ0n) is 8.36. The molecule has 0 aromatic carbocycles. The highest BCUT2D eigenvalue weighted by molar-refractivity contribution is 5.73. The number of nitrogens with one attached hydrogen (secondary N) is 2. The van der Waals surface area contributed by atoms with Crippen LogP contribution < -0.4 is 22.3 Å². The van der Waals surface area contributed by atoms with Crippen molar-refractivity contribution in [2.75, 3.05) is 17.3 Å². The molecule has 0 saturated heterocycles.